The van der Waals surface area contributed by atoms with E-state index in [0.717, 1.165) is 74.4 Å². The van der Waals surface area contributed by atoms with E-state index in [2.05, 4.69) is 125 Å². The van der Waals surface area contributed by atoms with Gasteiger partial charge in [-0.25, -0.2) is 44.9 Å². The number of hydrogen-bond donors (Lipinski definition) is 6. The third kappa shape index (κ3) is 21.9. The second-order valence-corrected chi connectivity index (χ2v) is 37.6. The van der Waals surface area contributed by atoms with E-state index in [9.17, 15) is 81.5 Å². The molecule has 1 saturated heterocycles. The molecule has 7 aliphatic heterocycles. The summed E-state index contributed by atoms with van der Waals surface area (Å²) in [6.45, 7) is 6.28. The lowest BCUT2D eigenvalue weighted by atomic mass is 9.99. The van der Waals surface area contributed by atoms with Gasteiger partial charge in [-0.05, 0) is 132 Å². The first-order chi connectivity index (χ1) is 66.7. The van der Waals surface area contributed by atoms with Crippen molar-refractivity contribution < 1.29 is 90.9 Å². The summed E-state index contributed by atoms with van der Waals surface area (Å²) in [6, 6.07) is 17.8. The number of alkyl halides is 12. The van der Waals surface area contributed by atoms with Gasteiger partial charge in [0.1, 0.15) is 86.2 Å². The second kappa shape index (κ2) is 39.6. The van der Waals surface area contributed by atoms with Crippen LogP contribution in [-0.2, 0) is 24.2 Å². The minimum atomic E-state index is -4.65. The van der Waals surface area contributed by atoms with Crippen LogP contribution in [0.5, 0.6) is 11.5 Å². The van der Waals surface area contributed by atoms with E-state index in [0.29, 0.717) is 112 Å². The summed E-state index contributed by atoms with van der Waals surface area (Å²) in [7, 11) is 15.1. The molecule has 6 N–H and O–H groups in total. The van der Waals surface area contributed by atoms with Crippen LogP contribution in [0.4, 0.5) is 177 Å². The normalized spacial score (nSPS) is 15.2. The number of amides is 6. The molecule has 7 aliphatic rings. The molecule has 54 heteroatoms. The van der Waals surface area contributed by atoms with Gasteiger partial charge in [0, 0.05) is 97.9 Å². The molecular formula is C87H86F12N30O8S4. The minimum Gasteiger partial charge on any atom is -0.495 e. The number of halogens is 12. The maximum atomic E-state index is 13.4. The first-order valence-electron chi connectivity index (χ1n) is 42.8. The fraction of sp³-hybridized carbons (Fsp3) is 0.345. The number of thiazole rings is 4. The highest BCUT2D eigenvalue weighted by atomic mass is 32.1. The monoisotopic (exact) mass is 2030 g/mol. The van der Waals surface area contributed by atoms with Crippen molar-refractivity contribution in [2.45, 2.75) is 78.2 Å². The van der Waals surface area contributed by atoms with Gasteiger partial charge in [0.25, 0.3) is 29.5 Å². The Morgan fingerprint density at radius 2 is 0.816 bits per heavy atom. The molecule has 19 rings (SSSR count). The number of piperazine rings is 1. The summed E-state index contributed by atoms with van der Waals surface area (Å²) in [5.74, 6) is -1.32. The number of ether oxygens (including phenoxy) is 2. The zero-order valence-corrected chi connectivity index (χ0v) is 80.3. The molecule has 740 valence electrons. The van der Waals surface area contributed by atoms with Gasteiger partial charge in [0.15, 0.2) is 46.0 Å². The molecule has 12 aromatic rings. The highest BCUT2D eigenvalue weighted by molar-refractivity contribution is 7.17. The molecule has 0 aliphatic carbocycles. The van der Waals surface area contributed by atoms with Crippen molar-refractivity contribution in [1.82, 2.24) is 79.9 Å². The van der Waals surface area contributed by atoms with Crippen LogP contribution < -0.4 is 85.5 Å². The third-order valence-electron chi connectivity index (χ3n) is 22.7. The summed E-state index contributed by atoms with van der Waals surface area (Å²) in [5, 5.41) is 21.3. The molecule has 0 spiro atoms. The first kappa shape index (κ1) is 99.4. The lowest BCUT2D eigenvalue weighted by Crippen LogP contribution is -2.44. The number of likely N-dealkylation sites (N-methyl/N-ethyl adjacent to an activating group) is 2. The van der Waals surface area contributed by atoms with Gasteiger partial charge in [-0.1, -0.05) is 0 Å². The zero-order chi connectivity index (χ0) is 101. The number of pyridine rings is 1. The Bertz CT molecular complexity index is 6860. The molecule has 6 amide bonds. The SMILES string of the molecule is CNC(=O)c1ccc(Nc2ncc3c(n2)N(C)c2sc(C)nc2C(=O)N3CC(F)(F)F)c(OC)c1.COc1cc2c(cc1Nc1ncc3c(n1)N(C)c1sc(C)nc1C(=O)N3CC(F)(F)F)CN(C)CC2.Cc1nc2c(s1)N(C)c1nc(Nc3ccc(N4CCN(C)CC4)cn3)ncc1N(CC(F)(F)F)C2=O.Cc1nc2c(s1)N(C)c1nc(Nc3ccc4c(c3)CCC(=O)N4)ncc1N(CC(F)(F)F)C2=O. The van der Waals surface area contributed by atoms with Crippen LogP contribution in [-0.4, -0.2) is 257 Å². The van der Waals surface area contributed by atoms with Crippen LogP contribution in [0.25, 0.3) is 0 Å². The fourth-order valence-electron chi connectivity index (χ4n) is 16.0. The van der Waals surface area contributed by atoms with Crippen LogP contribution in [0.1, 0.15) is 95.5 Å². The summed E-state index contributed by atoms with van der Waals surface area (Å²) in [4.78, 5) is 147. The van der Waals surface area contributed by atoms with Crippen molar-refractivity contribution in [2.75, 3.05) is 193 Å². The van der Waals surface area contributed by atoms with Crippen LogP contribution in [0.15, 0.2) is 91.6 Å². The van der Waals surface area contributed by atoms with Crippen LogP contribution in [0.3, 0.4) is 0 Å². The molecule has 1 fully saturated rings. The number of anilines is 22. The summed E-state index contributed by atoms with van der Waals surface area (Å²) in [6.07, 6.45) is -10.1. The smallest absolute Gasteiger partial charge is 0.406 e. The third-order valence-corrected chi connectivity index (χ3v) is 26.9. The van der Waals surface area contributed by atoms with E-state index in [1.807, 2.05) is 24.3 Å². The number of aromatic nitrogens is 13. The Morgan fingerprint density at radius 1 is 0.411 bits per heavy atom. The van der Waals surface area contributed by atoms with Gasteiger partial charge in [0.2, 0.25) is 29.7 Å². The zero-order valence-electron chi connectivity index (χ0n) is 77.0. The van der Waals surface area contributed by atoms with Gasteiger partial charge in [-0.15, -0.1) is 45.3 Å². The molecule has 16 heterocycles. The van der Waals surface area contributed by atoms with Crippen molar-refractivity contribution in [3.8, 4) is 11.5 Å². The number of fused-ring (bicyclic) bond motifs is 10. The number of carbonyl (C=O) groups excluding carboxylic acids is 6. The molecule has 9 aromatic heterocycles. The van der Waals surface area contributed by atoms with E-state index >= 15 is 0 Å². The minimum absolute atomic E-state index is 0.0408. The number of benzene rings is 3. The van der Waals surface area contributed by atoms with Crippen LogP contribution in [0, 0.1) is 27.7 Å². The molecule has 0 radical (unpaired) electrons. The highest BCUT2D eigenvalue weighted by Crippen LogP contribution is 2.49. The topological polar surface area (TPSA) is 396 Å². The molecule has 3 aromatic carbocycles. The van der Waals surface area contributed by atoms with Crippen molar-refractivity contribution >= 4 is 205 Å². The maximum absolute atomic E-state index is 13.4. The largest absolute Gasteiger partial charge is 0.495 e. The van der Waals surface area contributed by atoms with E-state index in [1.54, 1.807) is 114 Å². The Balaban J connectivity index is 0.000000135. The van der Waals surface area contributed by atoms with Crippen molar-refractivity contribution in [2.24, 2.45) is 0 Å². The average Bonchev–Trinajstić information content (AvgIpc) is 1.51. The predicted molar refractivity (Wildman–Crippen MR) is 509 cm³/mol. The van der Waals surface area contributed by atoms with Crippen molar-refractivity contribution in [3.63, 3.8) is 0 Å². The number of rotatable bonds is 16. The van der Waals surface area contributed by atoms with E-state index in [-0.39, 0.29) is 104 Å². The lowest BCUT2D eigenvalue weighted by Gasteiger charge is -2.33. The van der Waals surface area contributed by atoms with Gasteiger partial charge in [-0.2, -0.15) is 72.6 Å². The summed E-state index contributed by atoms with van der Waals surface area (Å²) in [5.41, 5.74) is 6.62. The summed E-state index contributed by atoms with van der Waals surface area (Å²) < 4.78 is 171. The predicted octanol–water partition coefficient (Wildman–Crippen LogP) is 15.5. The molecule has 0 bridgehead atoms. The molecule has 0 unspecified atom stereocenters. The van der Waals surface area contributed by atoms with E-state index in [1.165, 1.54) is 94.6 Å². The number of nitrogens with one attached hydrogen (secondary N) is 6. The molecule has 38 nitrogen and oxygen atoms in total. The second-order valence-electron chi connectivity index (χ2n) is 32.8. The summed E-state index contributed by atoms with van der Waals surface area (Å²) >= 11 is 4.78. The number of hydrogen-bond acceptors (Lipinski definition) is 36. The molecule has 0 atom stereocenters. The van der Waals surface area contributed by atoms with Crippen LogP contribution >= 0.6 is 45.3 Å². The Morgan fingerprint density at radius 3 is 1.21 bits per heavy atom. The Labute approximate surface area is 810 Å². The first-order valence-corrected chi connectivity index (χ1v) is 46.1. The van der Waals surface area contributed by atoms with Crippen molar-refractivity contribution in [3.05, 3.63) is 157 Å². The van der Waals surface area contributed by atoms with Gasteiger partial charge < -0.3 is 75.7 Å². The fourth-order valence-corrected chi connectivity index (χ4v) is 19.5. The number of methoxy groups -OCH3 is 2. The highest BCUT2D eigenvalue weighted by Gasteiger charge is 2.47. The van der Waals surface area contributed by atoms with E-state index < -0.39 is 74.5 Å². The van der Waals surface area contributed by atoms with E-state index in [4.69, 9.17) is 9.47 Å². The number of carbonyl (C=O) groups is 6. The average molecular weight is 2040 g/mol. The number of nitrogens with zero attached hydrogens (tertiary/aromatic N) is 24. The Kier molecular flexibility index (Phi) is 27.9. The van der Waals surface area contributed by atoms with Gasteiger partial charge in [0.05, 0.1) is 82.3 Å². The van der Waals surface area contributed by atoms with Crippen molar-refractivity contribution in [1.29, 1.82) is 0 Å². The molecule has 141 heavy (non-hydrogen) atoms. The lowest BCUT2D eigenvalue weighted by molar-refractivity contribution is -0.119. The van der Waals surface area contributed by atoms with Gasteiger partial charge >= 0.3 is 24.7 Å². The van der Waals surface area contributed by atoms with Crippen LogP contribution in [0.2, 0.25) is 0 Å². The maximum Gasteiger partial charge on any atom is 0.406 e. The molecule has 0 saturated carbocycles. The number of aryl methyl sites for hydroxylation is 5. The van der Waals surface area contributed by atoms with Gasteiger partial charge in [-0.3, -0.25) is 48.4 Å². The standard InChI is InChI=1S/C23H24F3N7O2S.C22H24F3N9OS.C21H20F3N7O3S.C21H18F3N7O2S/c1-12-28-18-20(34)33(11-23(24,25)26)16-9-27-22(30-19(16)32(3)21(18)36-12)29-15-7-14-10-31(2)6-5-13(14)8-17(15)35-4;1-13-28-17-19(35)34(12-22(23,24)25)15-11-27-21(30-18(15)32(3)20(17)36-13)29-16-5-4-14(10-26-16)33-8-6-31(2)7-9-33;1-10-27-15-18(33)31(9-21(22,23)24)13-8-26-20(29-16(13)30(3)19(15)35-10)28-12-6-5-11(17(32)25-2)7-14(12)34-4;1-10-26-16-18(33)31(9-21(22,23)24)14-8-25-20(29-17(14)30(2)19(16)34-10)27-12-4-5-13-11(7-12)3-6-15(32)28-13/h7-9H,5-6,10-11H2,1-4H3,(H,27,29,30);4-5,10-11H,6-9,12H2,1-3H3,(H,26,27,29,30);5-8H,9H2,1-4H3,(H,25,32)(H,26,28,29);4-5,7-8H,3,6,9H2,1-2H3,(H,28,32)(H,25,27,29). The quantitative estimate of drug-likeness (QED) is 0.0489. The molecular weight excluding hydrogens is 1950 g/mol. The Hall–Kier alpha value is -14.7.